The zero-order valence-corrected chi connectivity index (χ0v) is 7.63. The minimum atomic E-state index is 0.934. The molecule has 0 heterocycles. The summed E-state index contributed by atoms with van der Waals surface area (Å²) in [7, 11) is 0. The third kappa shape index (κ3) is 6.23. The van der Waals surface area contributed by atoms with E-state index in [4.69, 9.17) is 0 Å². The first-order valence-electron chi connectivity index (χ1n) is 3.89. The largest absolute Gasteiger partial charge is 0.162 e. The summed E-state index contributed by atoms with van der Waals surface area (Å²) in [6.45, 7) is 6.82. The second-order valence-corrected chi connectivity index (χ2v) is 3.89. The SMILES string of the molecule is CCSCC[C@H](C)CC. The smallest absolute Gasteiger partial charge is 0.00651 e. The van der Waals surface area contributed by atoms with E-state index in [0.29, 0.717) is 0 Å². The highest BCUT2D eigenvalue weighted by molar-refractivity contribution is 7.99. The summed E-state index contributed by atoms with van der Waals surface area (Å²) in [6, 6.07) is 0. The highest BCUT2D eigenvalue weighted by Crippen LogP contribution is 2.11. The Morgan fingerprint density at radius 1 is 1.33 bits per heavy atom. The van der Waals surface area contributed by atoms with E-state index in [-0.39, 0.29) is 0 Å². The first-order chi connectivity index (χ1) is 4.31. The Bertz CT molecular complexity index is 52.5. The van der Waals surface area contributed by atoms with E-state index in [1.165, 1.54) is 24.3 Å². The van der Waals surface area contributed by atoms with Gasteiger partial charge in [-0.1, -0.05) is 27.2 Å². The van der Waals surface area contributed by atoms with Gasteiger partial charge in [0.1, 0.15) is 0 Å². The number of thioether (sulfide) groups is 1. The Morgan fingerprint density at radius 3 is 2.44 bits per heavy atom. The molecule has 56 valence electrons. The fourth-order valence-electron chi connectivity index (χ4n) is 0.633. The van der Waals surface area contributed by atoms with Gasteiger partial charge in [0.15, 0.2) is 0 Å². The van der Waals surface area contributed by atoms with Gasteiger partial charge in [-0.15, -0.1) is 0 Å². The second-order valence-electron chi connectivity index (χ2n) is 2.50. The molecule has 1 atom stereocenters. The summed E-state index contributed by atoms with van der Waals surface area (Å²) in [5.74, 6) is 3.56. The molecule has 0 aliphatic rings. The normalized spacial score (nSPS) is 13.7. The lowest BCUT2D eigenvalue weighted by atomic mass is 10.1. The van der Waals surface area contributed by atoms with Gasteiger partial charge < -0.3 is 0 Å². The van der Waals surface area contributed by atoms with Crippen LogP contribution in [0.15, 0.2) is 0 Å². The van der Waals surface area contributed by atoms with Crippen LogP contribution in [0.1, 0.15) is 33.6 Å². The number of rotatable bonds is 5. The van der Waals surface area contributed by atoms with Crippen LogP contribution in [0.25, 0.3) is 0 Å². The molecule has 0 saturated carbocycles. The zero-order chi connectivity index (χ0) is 7.11. The van der Waals surface area contributed by atoms with Gasteiger partial charge in [0.25, 0.3) is 0 Å². The van der Waals surface area contributed by atoms with E-state index in [9.17, 15) is 0 Å². The van der Waals surface area contributed by atoms with Crippen LogP contribution in [-0.2, 0) is 0 Å². The minimum Gasteiger partial charge on any atom is -0.162 e. The molecule has 0 fully saturated rings. The first-order valence-corrected chi connectivity index (χ1v) is 5.04. The summed E-state index contributed by atoms with van der Waals surface area (Å²) in [6.07, 6.45) is 2.74. The molecule has 0 unspecified atom stereocenters. The van der Waals surface area contributed by atoms with Crippen molar-refractivity contribution in [1.29, 1.82) is 0 Å². The van der Waals surface area contributed by atoms with E-state index in [2.05, 4.69) is 32.5 Å². The third-order valence-electron chi connectivity index (χ3n) is 1.66. The summed E-state index contributed by atoms with van der Waals surface area (Å²) >= 11 is 2.05. The summed E-state index contributed by atoms with van der Waals surface area (Å²) < 4.78 is 0. The van der Waals surface area contributed by atoms with Gasteiger partial charge in [-0.3, -0.25) is 0 Å². The molecule has 0 radical (unpaired) electrons. The molecule has 0 N–H and O–H groups in total. The standard InChI is InChI=1S/C8H18S/c1-4-8(3)6-7-9-5-2/h8H,4-7H2,1-3H3/t8-/m1/s1. The van der Waals surface area contributed by atoms with E-state index in [1.807, 2.05) is 0 Å². The van der Waals surface area contributed by atoms with Crippen LogP contribution in [0.3, 0.4) is 0 Å². The molecule has 0 bridgehead atoms. The van der Waals surface area contributed by atoms with Gasteiger partial charge in [-0.05, 0) is 23.8 Å². The summed E-state index contributed by atoms with van der Waals surface area (Å²) in [4.78, 5) is 0. The molecule has 0 saturated heterocycles. The molecule has 0 nitrogen and oxygen atoms in total. The molecule has 0 aromatic carbocycles. The number of hydrogen-bond acceptors (Lipinski definition) is 1. The second kappa shape index (κ2) is 6.47. The van der Waals surface area contributed by atoms with Crippen molar-refractivity contribution in [3.05, 3.63) is 0 Å². The predicted octanol–water partition coefficient (Wildman–Crippen LogP) is 3.18. The van der Waals surface area contributed by atoms with Gasteiger partial charge in [0.2, 0.25) is 0 Å². The Balaban J connectivity index is 2.88. The molecule has 0 amide bonds. The lowest BCUT2D eigenvalue weighted by Gasteiger charge is -2.05. The van der Waals surface area contributed by atoms with E-state index < -0.39 is 0 Å². The van der Waals surface area contributed by atoms with Gasteiger partial charge >= 0.3 is 0 Å². The van der Waals surface area contributed by atoms with Crippen LogP contribution < -0.4 is 0 Å². The Labute approximate surface area is 63.4 Å². The maximum atomic E-state index is 2.33. The Kier molecular flexibility index (Phi) is 6.72. The summed E-state index contributed by atoms with van der Waals surface area (Å²) in [5, 5.41) is 0. The fraction of sp³-hybridized carbons (Fsp3) is 1.00. The highest BCUT2D eigenvalue weighted by Gasteiger charge is 1.96. The average molecular weight is 146 g/mol. The van der Waals surface area contributed by atoms with Gasteiger partial charge in [-0.2, -0.15) is 11.8 Å². The Morgan fingerprint density at radius 2 is 2.00 bits per heavy atom. The lowest BCUT2D eigenvalue weighted by Crippen LogP contribution is -1.93. The first kappa shape index (κ1) is 9.35. The fourth-order valence-corrected chi connectivity index (χ4v) is 1.49. The molecule has 9 heavy (non-hydrogen) atoms. The number of hydrogen-bond donors (Lipinski definition) is 0. The van der Waals surface area contributed by atoms with Crippen LogP contribution in [0.2, 0.25) is 0 Å². The molecule has 0 aromatic heterocycles. The van der Waals surface area contributed by atoms with Crippen molar-refractivity contribution in [1.82, 2.24) is 0 Å². The molecule has 1 heteroatoms. The molecule has 0 spiro atoms. The van der Waals surface area contributed by atoms with Crippen molar-refractivity contribution in [3.8, 4) is 0 Å². The van der Waals surface area contributed by atoms with Crippen LogP contribution in [-0.4, -0.2) is 11.5 Å². The molecule has 0 aliphatic heterocycles. The quantitative estimate of drug-likeness (QED) is 0.537. The van der Waals surface area contributed by atoms with Crippen molar-refractivity contribution in [2.45, 2.75) is 33.6 Å². The zero-order valence-electron chi connectivity index (χ0n) is 6.81. The predicted molar refractivity (Wildman–Crippen MR) is 47.1 cm³/mol. The average Bonchev–Trinajstić information content (AvgIpc) is 1.89. The highest BCUT2D eigenvalue weighted by atomic mass is 32.2. The van der Waals surface area contributed by atoms with E-state index >= 15 is 0 Å². The minimum absolute atomic E-state index is 0.934. The van der Waals surface area contributed by atoms with Crippen LogP contribution >= 0.6 is 11.8 Å². The summed E-state index contributed by atoms with van der Waals surface area (Å²) in [5.41, 5.74) is 0. The molecule has 0 aliphatic carbocycles. The molecule has 0 aromatic rings. The van der Waals surface area contributed by atoms with Crippen molar-refractivity contribution in [2.75, 3.05) is 11.5 Å². The van der Waals surface area contributed by atoms with Gasteiger partial charge in [0.05, 0.1) is 0 Å². The molecule has 0 rings (SSSR count). The topological polar surface area (TPSA) is 0 Å². The maximum Gasteiger partial charge on any atom is -0.00651 e. The van der Waals surface area contributed by atoms with Crippen molar-refractivity contribution < 1.29 is 0 Å². The van der Waals surface area contributed by atoms with Crippen molar-refractivity contribution in [3.63, 3.8) is 0 Å². The van der Waals surface area contributed by atoms with E-state index in [0.717, 1.165) is 5.92 Å². The Hall–Kier alpha value is 0.350. The van der Waals surface area contributed by atoms with E-state index in [1.54, 1.807) is 0 Å². The molecular formula is C8H18S. The monoisotopic (exact) mass is 146 g/mol. The van der Waals surface area contributed by atoms with Crippen LogP contribution in [0.5, 0.6) is 0 Å². The van der Waals surface area contributed by atoms with Crippen molar-refractivity contribution >= 4 is 11.8 Å². The lowest BCUT2D eigenvalue weighted by molar-refractivity contribution is 0.549. The van der Waals surface area contributed by atoms with Crippen molar-refractivity contribution in [2.24, 2.45) is 5.92 Å². The van der Waals surface area contributed by atoms with Gasteiger partial charge in [0, 0.05) is 0 Å². The maximum absolute atomic E-state index is 2.33. The third-order valence-corrected chi connectivity index (χ3v) is 2.59. The van der Waals surface area contributed by atoms with Crippen LogP contribution in [0, 0.1) is 5.92 Å². The van der Waals surface area contributed by atoms with Gasteiger partial charge in [-0.25, -0.2) is 0 Å². The van der Waals surface area contributed by atoms with Crippen LogP contribution in [0.4, 0.5) is 0 Å². The molecular weight excluding hydrogens is 128 g/mol.